The summed E-state index contributed by atoms with van der Waals surface area (Å²) in [5.74, 6) is -1.82. The molecule has 0 N–H and O–H groups in total. The van der Waals surface area contributed by atoms with E-state index < -0.39 is 29.3 Å². The lowest BCUT2D eigenvalue weighted by Gasteiger charge is -2.26. The number of halogens is 3. The molecular weight excluding hydrogens is 349 g/mol. The summed E-state index contributed by atoms with van der Waals surface area (Å²) in [6, 6.07) is 11.3. The third-order valence-electron chi connectivity index (χ3n) is 4.38. The Kier molecular flexibility index (Phi) is 3.61. The third-order valence-corrected chi connectivity index (χ3v) is 4.38. The van der Waals surface area contributed by atoms with Crippen molar-refractivity contribution in [2.24, 2.45) is 0 Å². The van der Waals surface area contributed by atoms with Crippen molar-refractivity contribution in [3.8, 4) is 5.75 Å². The van der Waals surface area contributed by atoms with E-state index in [9.17, 15) is 22.8 Å². The topological polar surface area (TPSA) is 56.5 Å². The Morgan fingerprint density at radius 3 is 2.42 bits per heavy atom. The molecule has 2 heterocycles. The molecule has 132 valence electrons. The van der Waals surface area contributed by atoms with Crippen LogP contribution in [0.25, 0.3) is 11.0 Å². The number of rotatable bonds is 1. The maximum Gasteiger partial charge on any atom is 0.416 e. The van der Waals surface area contributed by atoms with Gasteiger partial charge in [-0.1, -0.05) is 30.3 Å². The molecule has 7 heteroatoms. The molecule has 0 spiro atoms. The molecule has 2 aromatic carbocycles. The molecule has 0 amide bonds. The van der Waals surface area contributed by atoms with Gasteiger partial charge < -0.3 is 9.15 Å². The van der Waals surface area contributed by atoms with Gasteiger partial charge in [0.25, 0.3) is 0 Å². The van der Waals surface area contributed by atoms with Crippen molar-refractivity contribution < 1.29 is 27.1 Å². The zero-order valence-corrected chi connectivity index (χ0v) is 13.2. The first kappa shape index (κ1) is 16.4. The van der Waals surface area contributed by atoms with Crippen LogP contribution in [0.2, 0.25) is 0 Å². The lowest BCUT2D eigenvalue weighted by Crippen LogP contribution is -2.28. The normalized spacial score (nSPS) is 17.0. The van der Waals surface area contributed by atoms with Crippen molar-refractivity contribution in [3.63, 3.8) is 0 Å². The highest BCUT2D eigenvalue weighted by Crippen LogP contribution is 2.44. The molecule has 1 aromatic heterocycles. The van der Waals surface area contributed by atoms with Gasteiger partial charge in [-0.25, -0.2) is 4.79 Å². The van der Waals surface area contributed by atoms with Crippen LogP contribution < -0.4 is 10.4 Å². The second kappa shape index (κ2) is 5.72. The van der Waals surface area contributed by atoms with Crippen molar-refractivity contribution in [2.45, 2.75) is 18.5 Å². The molecule has 0 aliphatic carbocycles. The molecule has 4 rings (SSSR count). The Hall–Kier alpha value is -3.09. The molecule has 1 aliphatic heterocycles. The first-order valence-electron chi connectivity index (χ1n) is 7.79. The lowest BCUT2D eigenvalue weighted by atomic mass is 9.84. The van der Waals surface area contributed by atoms with Gasteiger partial charge in [-0.2, -0.15) is 13.2 Å². The van der Waals surface area contributed by atoms with E-state index in [1.165, 1.54) is 24.3 Å². The molecule has 3 aromatic rings. The van der Waals surface area contributed by atoms with Crippen molar-refractivity contribution in [1.29, 1.82) is 0 Å². The number of carbonyl (C=O) groups excluding carboxylic acids is 1. The average Bonchev–Trinajstić information content (AvgIpc) is 2.60. The molecule has 0 radical (unpaired) electrons. The Labute approximate surface area is 144 Å². The average molecular weight is 360 g/mol. The van der Waals surface area contributed by atoms with Crippen LogP contribution in [0.15, 0.2) is 57.7 Å². The highest BCUT2D eigenvalue weighted by Gasteiger charge is 2.40. The van der Waals surface area contributed by atoms with Crippen LogP contribution >= 0.6 is 0 Å². The van der Waals surface area contributed by atoms with Crippen LogP contribution in [0.3, 0.4) is 0 Å². The van der Waals surface area contributed by atoms with Gasteiger partial charge in [-0.3, -0.25) is 4.79 Å². The Morgan fingerprint density at radius 2 is 1.65 bits per heavy atom. The lowest BCUT2D eigenvalue weighted by molar-refractivity contribution is -0.140. The smallest absolute Gasteiger partial charge is 0.416 e. The number of ether oxygens (including phenoxy) is 1. The highest BCUT2D eigenvalue weighted by molar-refractivity contribution is 5.90. The Bertz CT molecular complexity index is 1080. The van der Waals surface area contributed by atoms with Gasteiger partial charge in [0.15, 0.2) is 5.75 Å². The van der Waals surface area contributed by atoms with Gasteiger partial charge in [0.05, 0.1) is 22.9 Å². The minimum absolute atomic E-state index is 0.0323. The molecule has 1 atom stereocenters. The summed E-state index contributed by atoms with van der Waals surface area (Å²) < 4.78 is 50.7. The molecular formula is C19H11F3O4. The van der Waals surface area contributed by atoms with Gasteiger partial charge in [0, 0.05) is 5.92 Å². The number of esters is 1. The minimum atomic E-state index is -4.62. The van der Waals surface area contributed by atoms with E-state index in [-0.39, 0.29) is 28.9 Å². The van der Waals surface area contributed by atoms with E-state index >= 15 is 0 Å². The maximum atomic E-state index is 13.4. The first-order valence-corrected chi connectivity index (χ1v) is 7.79. The van der Waals surface area contributed by atoms with Crippen molar-refractivity contribution in [3.05, 3.63) is 75.6 Å². The summed E-state index contributed by atoms with van der Waals surface area (Å²) in [6.07, 6.45) is -4.99. The van der Waals surface area contributed by atoms with E-state index in [0.717, 1.165) is 6.07 Å². The molecule has 0 saturated carbocycles. The fourth-order valence-corrected chi connectivity index (χ4v) is 3.30. The van der Waals surface area contributed by atoms with Gasteiger partial charge in [0.2, 0.25) is 0 Å². The quantitative estimate of drug-likeness (QED) is 0.481. The summed E-state index contributed by atoms with van der Waals surface area (Å²) in [5.41, 5.74) is -1.72. The van der Waals surface area contributed by atoms with Gasteiger partial charge >= 0.3 is 17.8 Å². The second-order valence-electron chi connectivity index (χ2n) is 5.94. The van der Waals surface area contributed by atoms with Gasteiger partial charge in [0.1, 0.15) is 5.58 Å². The molecule has 0 bridgehead atoms. The van der Waals surface area contributed by atoms with E-state index in [0.29, 0.717) is 5.39 Å². The van der Waals surface area contributed by atoms with Crippen LogP contribution in [-0.2, 0) is 11.0 Å². The van der Waals surface area contributed by atoms with Crippen molar-refractivity contribution in [1.82, 2.24) is 0 Å². The predicted molar refractivity (Wildman–Crippen MR) is 86.0 cm³/mol. The zero-order valence-electron chi connectivity index (χ0n) is 13.2. The van der Waals surface area contributed by atoms with Crippen LogP contribution in [0.5, 0.6) is 5.75 Å². The van der Waals surface area contributed by atoms with Crippen molar-refractivity contribution in [2.75, 3.05) is 0 Å². The van der Waals surface area contributed by atoms with Gasteiger partial charge in [-0.15, -0.1) is 0 Å². The molecule has 0 saturated heterocycles. The summed E-state index contributed by atoms with van der Waals surface area (Å²) in [6.45, 7) is 0. The van der Waals surface area contributed by atoms with Crippen molar-refractivity contribution >= 4 is 16.9 Å². The largest absolute Gasteiger partial charge is 0.425 e. The zero-order chi connectivity index (χ0) is 18.5. The number of alkyl halides is 3. The van der Waals surface area contributed by atoms with E-state index in [1.54, 1.807) is 18.2 Å². The fraction of sp³-hybridized carbons (Fsp3) is 0.158. The summed E-state index contributed by atoms with van der Waals surface area (Å²) >= 11 is 0. The first-order chi connectivity index (χ1) is 12.4. The Balaban J connectivity index is 2.02. The predicted octanol–water partition coefficient (Wildman–Crippen LogP) is 4.25. The van der Waals surface area contributed by atoms with Crippen LogP contribution in [0.1, 0.15) is 29.0 Å². The number of para-hydroxylation sites is 1. The monoisotopic (exact) mass is 360 g/mol. The van der Waals surface area contributed by atoms with Crippen LogP contribution in [0.4, 0.5) is 13.2 Å². The van der Waals surface area contributed by atoms with Gasteiger partial charge in [-0.05, 0) is 23.8 Å². The van der Waals surface area contributed by atoms with E-state index in [2.05, 4.69) is 0 Å². The van der Waals surface area contributed by atoms with E-state index in [4.69, 9.17) is 9.15 Å². The molecule has 4 nitrogen and oxygen atoms in total. The van der Waals surface area contributed by atoms with Crippen LogP contribution in [0, 0.1) is 0 Å². The third kappa shape index (κ3) is 2.56. The van der Waals surface area contributed by atoms with E-state index in [1.807, 2.05) is 0 Å². The summed E-state index contributed by atoms with van der Waals surface area (Å²) in [4.78, 5) is 24.6. The minimum Gasteiger partial charge on any atom is -0.425 e. The maximum absolute atomic E-state index is 13.4. The molecule has 26 heavy (non-hydrogen) atoms. The SMILES string of the molecule is O=C1C[C@@H](c2ccccc2C(F)(F)F)c2c(c3ccccc3oc2=O)O1. The van der Waals surface area contributed by atoms with Crippen LogP contribution in [-0.4, -0.2) is 5.97 Å². The number of hydrogen-bond donors (Lipinski definition) is 0. The standard InChI is InChI=1S/C19H11F3O4/c20-19(21,22)13-7-3-1-5-10(13)12-9-15(23)26-17-11-6-2-4-8-14(11)25-18(24)16(12)17/h1-8,12H,9H2/t12-/m0/s1. The summed E-state index contributed by atoms with van der Waals surface area (Å²) in [7, 11) is 0. The highest BCUT2D eigenvalue weighted by atomic mass is 19.4. The number of carbonyl (C=O) groups is 1. The molecule has 0 fully saturated rings. The summed E-state index contributed by atoms with van der Waals surface area (Å²) in [5, 5.41) is 0.365. The molecule has 1 aliphatic rings. The molecule has 0 unspecified atom stereocenters. The number of fused-ring (bicyclic) bond motifs is 3. The Morgan fingerprint density at radius 1 is 0.962 bits per heavy atom. The number of benzene rings is 2. The fourth-order valence-electron chi connectivity index (χ4n) is 3.30. The second-order valence-corrected chi connectivity index (χ2v) is 5.94. The number of hydrogen-bond acceptors (Lipinski definition) is 4.